The zero-order valence-electron chi connectivity index (χ0n) is 34.0. The van der Waals surface area contributed by atoms with E-state index in [1.54, 1.807) is 42.4 Å². The minimum absolute atomic E-state index is 0.333. The number of pyridine rings is 2. The lowest BCUT2D eigenvalue weighted by Crippen LogP contribution is -2.35. The van der Waals surface area contributed by atoms with E-state index in [4.69, 9.17) is 27.3 Å². The molecule has 0 bridgehead atoms. The van der Waals surface area contributed by atoms with Crippen LogP contribution in [0.2, 0.25) is 0 Å². The molecule has 2 unspecified atom stereocenters. The van der Waals surface area contributed by atoms with Crippen molar-refractivity contribution in [2.24, 2.45) is 22.4 Å². The number of nitrogen functional groups attached to an aromatic ring is 1. The van der Waals surface area contributed by atoms with E-state index in [1.807, 2.05) is 73.4 Å². The lowest BCUT2D eigenvalue weighted by molar-refractivity contribution is 0.336. The first-order valence-electron chi connectivity index (χ1n) is 19.4. The Morgan fingerprint density at radius 3 is 2.46 bits per heavy atom. The van der Waals surface area contributed by atoms with E-state index < -0.39 is 0 Å². The summed E-state index contributed by atoms with van der Waals surface area (Å²) in [6, 6.07) is 11.0. The Hall–Kier alpha value is -6.15. The third-order valence-electron chi connectivity index (χ3n) is 8.57. The molecule has 0 fully saturated rings. The Labute approximate surface area is 342 Å². The molecule has 0 saturated heterocycles. The number of thiophene rings is 1. The number of nitrogens with zero attached hydrogens (tertiary/aromatic N) is 7. The van der Waals surface area contributed by atoms with Crippen LogP contribution in [0.15, 0.2) is 107 Å². The number of rotatable bonds is 10. The lowest BCUT2D eigenvalue weighted by Gasteiger charge is -2.29. The summed E-state index contributed by atoms with van der Waals surface area (Å²) >= 11 is 1.49. The van der Waals surface area contributed by atoms with Gasteiger partial charge in [-0.25, -0.2) is 19.9 Å². The van der Waals surface area contributed by atoms with Crippen molar-refractivity contribution in [3.05, 3.63) is 125 Å². The van der Waals surface area contributed by atoms with Gasteiger partial charge in [-0.3, -0.25) is 9.38 Å². The zero-order chi connectivity index (χ0) is 41.4. The van der Waals surface area contributed by atoms with Gasteiger partial charge in [-0.15, -0.1) is 11.3 Å². The van der Waals surface area contributed by atoms with Gasteiger partial charge in [0.05, 0.1) is 0 Å². The average Bonchev–Trinajstić information content (AvgIpc) is 3.88. The molecular weight excluding hydrogens is 731 g/mol. The standard InChI is InChI=1S/C20H28N6.C18H19N5.C4H4OS.C2H6/c1-3-16(6-4-10-23-2)15-26-13-12-25-20(22)19(26)18(21)9-8-17-7-5-11-24-14-17;1-3-6-13(2)18-22-15(9-8-14-7-4-5-10-20-14)16-17(19)21-11-12-23(16)18;5-4-1-2-6-3-4;1-2/h5,7,11-14,16,23H,3-4,6,10,15,21H2,1-2H3,(H2,22,25);4-5,7,10-13H,3,6H2,1-2H3,(H2,19,21);1-3,5H;1-2H3/b19-18-;;;. The van der Waals surface area contributed by atoms with Gasteiger partial charge in [-0.05, 0) is 92.2 Å². The molecule has 6 rings (SSSR count). The minimum Gasteiger partial charge on any atom is -0.507 e. The molecule has 13 heteroatoms. The second-order valence-corrected chi connectivity index (χ2v) is 13.5. The summed E-state index contributed by atoms with van der Waals surface area (Å²) in [5.74, 6) is 15.2. The predicted molar refractivity (Wildman–Crippen MR) is 235 cm³/mol. The second-order valence-electron chi connectivity index (χ2n) is 12.7. The van der Waals surface area contributed by atoms with Crippen molar-refractivity contribution < 1.29 is 5.11 Å². The number of nitrogens with two attached hydrogens (primary N) is 3. The Bertz CT molecular complexity index is 2140. The van der Waals surface area contributed by atoms with Crippen molar-refractivity contribution in [1.82, 2.24) is 34.6 Å². The zero-order valence-corrected chi connectivity index (χ0v) is 34.8. The van der Waals surface area contributed by atoms with Crippen LogP contribution in [-0.2, 0) is 0 Å². The molecule has 8 N–H and O–H groups in total. The monoisotopic (exact) mass is 787 g/mol. The number of anilines is 1. The lowest BCUT2D eigenvalue weighted by atomic mass is 9.99. The Kier molecular flexibility index (Phi) is 19.9. The summed E-state index contributed by atoms with van der Waals surface area (Å²) in [4.78, 5) is 23.4. The van der Waals surface area contributed by atoms with Gasteiger partial charge in [0.15, 0.2) is 5.82 Å². The number of hydrogen-bond acceptors (Lipinski definition) is 12. The average molecular weight is 788 g/mol. The first-order chi connectivity index (χ1) is 27.7. The number of hydrogen-bond donors (Lipinski definition) is 5. The highest BCUT2D eigenvalue weighted by atomic mass is 32.1. The smallest absolute Gasteiger partial charge is 0.150 e. The molecule has 0 aromatic carbocycles. The van der Waals surface area contributed by atoms with E-state index in [0.717, 1.165) is 62.1 Å². The summed E-state index contributed by atoms with van der Waals surface area (Å²) in [5, 5.41) is 15.2. The van der Waals surface area contributed by atoms with Crippen molar-refractivity contribution in [3.63, 3.8) is 0 Å². The molecule has 12 nitrogen and oxygen atoms in total. The normalized spacial score (nSPS) is 13.4. The summed E-state index contributed by atoms with van der Waals surface area (Å²) < 4.78 is 2.01. The molecule has 0 spiro atoms. The van der Waals surface area contributed by atoms with Gasteiger partial charge in [-0.2, -0.15) is 0 Å². The summed E-state index contributed by atoms with van der Waals surface area (Å²) in [5.41, 5.74) is 22.5. The van der Waals surface area contributed by atoms with E-state index in [-0.39, 0.29) is 0 Å². The van der Waals surface area contributed by atoms with Crippen molar-refractivity contribution >= 4 is 28.5 Å². The van der Waals surface area contributed by atoms with E-state index in [0.29, 0.717) is 52.0 Å². The third-order valence-corrected chi connectivity index (χ3v) is 9.24. The summed E-state index contributed by atoms with van der Waals surface area (Å²) in [6.07, 6.45) is 17.9. The van der Waals surface area contributed by atoms with Crippen LogP contribution in [0.25, 0.3) is 5.52 Å². The van der Waals surface area contributed by atoms with E-state index in [9.17, 15) is 0 Å². The van der Waals surface area contributed by atoms with Gasteiger partial charge >= 0.3 is 0 Å². The van der Waals surface area contributed by atoms with Crippen molar-refractivity contribution in [3.8, 4) is 29.4 Å². The molecule has 300 valence electrons. The number of aromatic hydroxyl groups is 1. The first kappa shape index (κ1) is 45.2. The molecule has 0 radical (unpaired) electrons. The fourth-order valence-electron chi connectivity index (χ4n) is 5.73. The second kappa shape index (κ2) is 25.1. The summed E-state index contributed by atoms with van der Waals surface area (Å²) in [7, 11) is 1.98. The number of aliphatic imine (C=N–C) groups is 1. The fraction of sp³-hybridized carbons (Fsp3) is 0.341. The highest BCUT2D eigenvalue weighted by molar-refractivity contribution is 7.08. The first-order valence-corrected chi connectivity index (χ1v) is 20.3. The number of nitrogens with one attached hydrogen (secondary N) is 1. The van der Waals surface area contributed by atoms with Crippen LogP contribution < -0.4 is 22.5 Å². The molecule has 1 aliphatic rings. The SMILES string of the molecule is CC.CCC(CCCNC)CN1C=CN=C(N)/C1=C(/N)C#Cc1cccnc1.CCCC(C)c1nc(C#Cc2ccccn2)c2c(N)nccn12.Oc1ccsc1. The topological polar surface area (TPSA) is 182 Å². The van der Waals surface area contributed by atoms with Crippen molar-refractivity contribution in [2.45, 2.75) is 72.6 Å². The van der Waals surface area contributed by atoms with Crippen LogP contribution in [0.3, 0.4) is 0 Å². The van der Waals surface area contributed by atoms with E-state index in [2.05, 4.69) is 74.6 Å². The highest BCUT2D eigenvalue weighted by Gasteiger charge is 2.21. The molecule has 0 aliphatic carbocycles. The number of aromatic nitrogens is 5. The van der Waals surface area contributed by atoms with E-state index >= 15 is 0 Å². The number of fused-ring (bicyclic) bond motifs is 1. The van der Waals surface area contributed by atoms with Crippen LogP contribution in [-0.4, -0.2) is 60.3 Å². The molecule has 5 aromatic heterocycles. The molecule has 1 aliphatic heterocycles. The molecule has 57 heavy (non-hydrogen) atoms. The van der Waals surface area contributed by atoms with Gasteiger partial charge in [-0.1, -0.05) is 59.4 Å². The minimum atomic E-state index is 0.333. The van der Waals surface area contributed by atoms with Crippen LogP contribution >= 0.6 is 11.3 Å². The van der Waals surface area contributed by atoms with E-state index in [1.165, 1.54) is 11.3 Å². The predicted octanol–water partition coefficient (Wildman–Crippen LogP) is 7.26. The molecule has 5 aromatic rings. The third kappa shape index (κ3) is 14.5. The molecular formula is C44H57N11OS. The Morgan fingerprint density at radius 1 is 1.00 bits per heavy atom. The van der Waals surface area contributed by atoms with Crippen LogP contribution in [0.5, 0.6) is 5.75 Å². The van der Waals surface area contributed by atoms with Gasteiger partial charge in [0.25, 0.3) is 0 Å². The molecule has 2 atom stereocenters. The quantitative estimate of drug-likeness (QED) is 0.0714. The largest absolute Gasteiger partial charge is 0.507 e. The van der Waals surface area contributed by atoms with Gasteiger partial charge in [0.1, 0.15) is 45.7 Å². The van der Waals surface area contributed by atoms with Gasteiger partial charge in [0, 0.05) is 66.8 Å². The maximum atomic E-state index is 8.48. The molecule has 6 heterocycles. The van der Waals surface area contributed by atoms with Gasteiger partial charge in [0.2, 0.25) is 0 Å². The number of imidazole rings is 1. The number of allylic oxidation sites excluding steroid dienone is 1. The van der Waals surface area contributed by atoms with Crippen LogP contribution in [0, 0.1) is 29.6 Å². The Balaban J connectivity index is 0.000000257. The van der Waals surface area contributed by atoms with Crippen LogP contribution in [0.1, 0.15) is 95.4 Å². The van der Waals surface area contributed by atoms with Gasteiger partial charge < -0.3 is 32.5 Å². The van der Waals surface area contributed by atoms with Crippen molar-refractivity contribution in [1.29, 1.82) is 0 Å². The number of amidine groups is 1. The molecule has 0 saturated carbocycles. The highest BCUT2D eigenvalue weighted by Crippen LogP contribution is 2.25. The fourth-order valence-corrected chi connectivity index (χ4v) is 6.24. The van der Waals surface area contributed by atoms with Crippen molar-refractivity contribution in [2.75, 3.05) is 25.9 Å². The Morgan fingerprint density at radius 2 is 1.82 bits per heavy atom. The van der Waals surface area contributed by atoms with Crippen LogP contribution in [0.4, 0.5) is 5.82 Å². The molecule has 0 amide bonds. The maximum Gasteiger partial charge on any atom is 0.150 e. The summed E-state index contributed by atoms with van der Waals surface area (Å²) in [6.45, 7) is 12.4. The maximum absolute atomic E-state index is 8.48.